The summed E-state index contributed by atoms with van der Waals surface area (Å²) in [5, 5.41) is 10.6. The monoisotopic (exact) mass is 277 g/mol. The lowest BCUT2D eigenvalue weighted by Crippen LogP contribution is -2.43. The fraction of sp³-hybridized carbons (Fsp3) is 0.647. The number of hydrogen-bond donors (Lipinski definition) is 1. The van der Waals surface area contributed by atoms with Gasteiger partial charge in [-0.1, -0.05) is 44.2 Å². The summed E-state index contributed by atoms with van der Waals surface area (Å²) in [6.07, 6.45) is 2.17. The Morgan fingerprint density at radius 2 is 1.85 bits per heavy atom. The van der Waals surface area contributed by atoms with Crippen LogP contribution in [-0.4, -0.2) is 42.9 Å². The van der Waals surface area contributed by atoms with Crippen LogP contribution in [0.5, 0.6) is 0 Å². The molecule has 0 aromatic heterocycles. The number of benzene rings is 1. The van der Waals surface area contributed by atoms with Crippen LogP contribution in [0, 0.1) is 5.41 Å². The first-order chi connectivity index (χ1) is 9.53. The molecule has 20 heavy (non-hydrogen) atoms. The van der Waals surface area contributed by atoms with Gasteiger partial charge in [0.1, 0.15) is 0 Å². The number of nitrogens with zero attached hydrogens (tertiary/aromatic N) is 1. The number of piperidine rings is 1. The standard InChI is InChI=1S/C17H27NO2/c1-17(2,16(19)14-7-5-4-6-8-14)13-18-11-9-15(20-3)10-12-18/h4-8,15-16,19H,9-13H2,1-3H3. The van der Waals surface area contributed by atoms with Gasteiger partial charge in [0.05, 0.1) is 12.2 Å². The number of rotatable bonds is 5. The summed E-state index contributed by atoms with van der Waals surface area (Å²) in [6.45, 7) is 7.33. The largest absolute Gasteiger partial charge is 0.388 e. The van der Waals surface area contributed by atoms with Crippen molar-refractivity contribution in [3.8, 4) is 0 Å². The quantitative estimate of drug-likeness (QED) is 0.898. The van der Waals surface area contributed by atoms with Crippen LogP contribution < -0.4 is 0 Å². The zero-order chi connectivity index (χ0) is 14.6. The average molecular weight is 277 g/mol. The Balaban J connectivity index is 1.94. The van der Waals surface area contributed by atoms with Crippen LogP contribution in [0.4, 0.5) is 0 Å². The van der Waals surface area contributed by atoms with Crippen molar-refractivity contribution in [2.24, 2.45) is 5.41 Å². The van der Waals surface area contributed by atoms with Gasteiger partial charge in [0, 0.05) is 32.2 Å². The van der Waals surface area contributed by atoms with Gasteiger partial charge in [-0.2, -0.15) is 0 Å². The van der Waals surface area contributed by atoms with Gasteiger partial charge in [-0.15, -0.1) is 0 Å². The fourth-order valence-corrected chi connectivity index (χ4v) is 3.05. The summed E-state index contributed by atoms with van der Waals surface area (Å²) in [5.74, 6) is 0. The Bertz CT molecular complexity index is 397. The summed E-state index contributed by atoms with van der Waals surface area (Å²) in [4.78, 5) is 2.45. The maximum absolute atomic E-state index is 10.6. The van der Waals surface area contributed by atoms with Gasteiger partial charge in [0.15, 0.2) is 0 Å². The molecule has 1 aromatic carbocycles. The van der Waals surface area contributed by atoms with Crippen molar-refractivity contribution in [1.29, 1.82) is 0 Å². The van der Waals surface area contributed by atoms with Gasteiger partial charge < -0.3 is 14.7 Å². The number of likely N-dealkylation sites (tertiary alicyclic amines) is 1. The molecule has 1 aromatic rings. The van der Waals surface area contributed by atoms with E-state index in [0.29, 0.717) is 6.10 Å². The van der Waals surface area contributed by atoms with E-state index >= 15 is 0 Å². The summed E-state index contributed by atoms with van der Waals surface area (Å²) in [5.41, 5.74) is 0.852. The highest BCUT2D eigenvalue weighted by atomic mass is 16.5. The van der Waals surface area contributed by atoms with E-state index in [1.807, 2.05) is 30.3 Å². The number of aliphatic hydroxyl groups is 1. The molecular formula is C17H27NO2. The molecule has 1 aliphatic rings. The normalized spacial score (nSPS) is 20.0. The second-order valence-corrected chi connectivity index (χ2v) is 6.51. The van der Waals surface area contributed by atoms with Gasteiger partial charge >= 0.3 is 0 Å². The first kappa shape index (κ1) is 15.5. The second kappa shape index (κ2) is 6.70. The molecule has 1 fully saturated rings. The van der Waals surface area contributed by atoms with Crippen molar-refractivity contribution in [3.63, 3.8) is 0 Å². The van der Waals surface area contributed by atoms with E-state index in [1.54, 1.807) is 7.11 Å². The molecule has 1 heterocycles. The third-order valence-corrected chi connectivity index (χ3v) is 4.35. The molecule has 1 atom stereocenters. The molecule has 1 aliphatic heterocycles. The molecule has 1 unspecified atom stereocenters. The van der Waals surface area contributed by atoms with E-state index in [9.17, 15) is 5.11 Å². The second-order valence-electron chi connectivity index (χ2n) is 6.51. The first-order valence-corrected chi connectivity index (χ1v) is 7.51. The minimum absolute atomic E-state index is 0.152. The summed E-state index contributed by atoms with van der Waals surface area (Å²) < 4.78 is 5.41. The van der Waals surface area contributed by atoms with Gasteiger partial charge in [-0.25, -0.2) is 0 Å². The third kappa shape index (κ3) is 3.81. The fourth-order valence-electron chi connectivity index (χ4n) is 3.05. The van der Waals surface area contributed by atoms with Crippen molar-refractivity contribution in [2.75, 3.05) is 26.7 Å². The van der Waals surface area contributed by atoms with Crippen molar-refractivity contribution in [1.82, 2.24) is 4.90 Å². The molecule has 2 rings (SSSR count). The smallest absolute Gasteiger partial charge is 0.0853 e. The molecule has 0 saturated carbocycles. The Labute approximate surface area is 122 Å². The summed E-state index contributed by atoms with van der Waals surface area (Å²) in [6, 6.07) is 9.96. The van der Waals surface area contributed by atoms with Crippen LogP contribution in [0.25, 0.3) is 0 Å². The van der Waals surface area contributed by atoms with Crippen molar-refractivity contribution >= 4 is 0 Å². The Morgan fingerprint density at radius 3 is 2.40 bits per heavy atom. The predicted molar refractivity (Wildman–Crippen MR) is 81.7 cm³/mol. The van der Waals surface area contributed by atoms with Gasteiger partial charge in [0.2, 0.25) is 0 Å². The molecule has 0 radical (unpaired) electrons. The van der Waals surface area contributed by atoms with E-state index < -0.39 is 6.10 Å². The lowest BCUT2D eigenvalue weighted by atomic mass is 9.81. The van der Waals surface area contributed by atoms with E-state index in [0.717, 1.165) is 38.0 Å². The molecule has 3 nitrogen and oxygen atoms in total. The molecular weight excluding hydrogens is 250 g/mol. The minimum Gasteiger partial charge on any atom is -0.388 e. The number of methoxy groups -OCH3 is 1. The SMILES string of the molecule is COC1CCN(CC(C)(C)C(O)c2ccccc2)CC1. The van der Waals surface area contributed by atoms with Gasteiger partial charge in [0.25, 0.3) is 0 Å². The van der Waals surface area contributed by atoms with E-state index in [4.69, 9.17) is 4.74 Å². The molecule has 0 spiro atoms. The molecule has 112 valence electrons. The number of aliphatic hydroxyl groups excluding tert-OH is 1. The lowest BCUT2D eigenvalue weighted by molar-refractivity contribution is -0.00722. The maximum Gasteiger partial charge on any atom is 0.0853 e. The predicted octanol–water partition coefficient (Wildman–Crippen LogP) is 2.86. The van der Waals surface area contributed by atoms with Crippen LogP contribution in [0.2, 0.25) is 0 Å². The van der Waals surface area contributed by atoms with Crippen LogP contribution in [-0.2, 0) is 4.74 Å². The molecule has 0 aliphatic carbocycles. The van der Waals surface area contributed by atoms with Crippen LogP contribution in [0.15, 0.2) is 30.3 Å². The highest BCUT2D eigenvalue weighted by Crippen LogP contribution is 2.34. The van der Waals surface area contributed by atoms with Crippen LogP contribution >= 0.6 is 0 Å². The van der Waals surface area contributed by atoms with E-state index in [-0.39, 0.29) is 5.41 Å². The molecule has 1 saturated heterocycles. The van der Waals surface area contributed by atoms with Crippen molar-refractivity contribution in [3.05, 3.63) is 35.9 Å². The zero-order valence-corrected chi connectivity index (χ0v) is 12.9. The third-order valence-electron chi connectivity index (χ3n) is 4.35. The number of hydrogen-bond acceptors (Lipinski definition) is 3. The molecule has 3 heteroatoms. The highest BCUT2D eigenvalue weighted by Gasteiger charge is 2.32. The summed E-state index contributed by atoms with van der Waals surface area (Å²) >= 11 is 0. The summed E-state index contributed by atoms with van der Waals surface area (Å²) in [7, 11) is 1.80. The van der Waals surface area contributed by atoms with E-state index in [1.165, 1.54) is 0 Å². The lowest BCUT2D eigenvalue weighted by Gasteiger charge is -2.39. The minimum atomic E-state index is -0.427. The molecule has 0 bridgehead atoms. The molecule has 1 N–H and O–H groups in total. The Hall–Kier alpha value is -0.900. The topological polar surface area (TPSA) is 32.7 Å². The highest BCUT2D eigenvalue weighted by molar-refractivity contribution is 5.19. The van der Waals surface area contributed by atoms with Gasteiger partial charge in [-0.3, -0.25) is 0 Å². The van der Waals surface area contributed by atoms with Crippen LogP contribution in [0.1, 0.15) is 38.4 Å². The first-order valence-electron chi connectivity index (χ1n) is 7.51. The maximum atomic E-state index is 10.6. The van der Waals surface area contributed by atoms with Gasteiger partial charge in [-0.05, 0) is 18.4 Å². The number of ether oxygens (including phenoxy) is 1. The Kier molecular flexibility index (Phi) is 5.19. The average Bonchev–Trinajstić information content (AvgIpc) is 2.48. The molecule has 0 amide bonds. The van der Waals surface area contributed by atoms with Crippen molar-refractivity contribution < 1.29 is 9.84 Å². The zero-order valence-electron chi connectivity index (χ0n) is 12.9. The van der Waals surface area contributed by atoms with Crippen molar-refractivity contribution in [2.45, 2.75) is 38.9 Å². The Morgan fingerprint density at radius 1 is 1.25 bits per heavy atom. The van der Waals surface area contributed by atoms with E-state index in [2.05, 4.69) is 18.7 Å². The van der Waals surface area contributed by atoms with Crippen LogP contribution in [0.3, 0.4) is 0 Å².